The summed E-state index contributed by atoms with van der Waals surface area (Å²) in [5.41, 5.74) is 1.47. The molecule has 1 aromatic carbocycles. The van der Waals surface area contributed by atoms with Gasteiger partial charge in [-0.05, 0) is 70.1 Å². The number of fused-ring (bicyclic) bond motifs is 1. The van der Waals surface area contributed by atoms with Crippen molar-refractivity contribution in [3.63, 3.8) is 0 Å². The van der Waals surface area contributed by atoms with E-state index in [2.05, 4.69) is 10.2 Å². The van der Waals surface area contributed by atoms with Crippen molar-refractivity contribution >= 4 is 40.9 Å². The number of hydrogen-bond acceptors (Lipinski definition) is 4. The summed E-state index contributed by atoms with van der Waals surface area (Å²) in [6, 6.07) is 9.39. The number of furan rings is 2. The Labute approximate surface area is 181 Å². The third kappa shape index (κ3) is 4.63. The highest BCUT2D eigenvalue weighted by molar-refractivity contribution is 6.31. The Bertz CT molecular complexity index is 989. The van der Waals surface area contributed by atoms with Crippen LogP contribution in [0.3, 0.4) is 0 Å². The number of rotatable bonds is 5. The van der Waals surface area contributed by atoms with Gasteiger partial charge in [-0.15, -0.1) is 12.4 Å². The first-order valence-electron chi connectivity index (χ1n) is 9.80. The predicted molar refractivity (Wildman–Crippen MR) is 117 cm³/mol. The third-order valence-corrected chi connectivity index (χ3v) is 5.72. The molecule has 1 amide bonds. The Morgan fingerprint density at radius 2 is 1.90 bits per heavy atom. The minimum atomic E-state index is -0.213. The van der Waals surface area contributed by atoms with E-state index in [9.17, 15) is 4.79 Å². The van der Waals surface area contributed by atoms with Crippen molar-refractivity contribution in [2.75, 3.05) is 19.6 Å². The minimum Gasteiger partial charge on any atom is -0.465 e. The zero-order chi connectivity index (χ0) is 19.7. The molecule has 29 heavy (non-hydrogen) atoms. The largest absolute Gasteiger partial charge is 0.465 e. The number of halogens is 2. The molecule has 3 aromatic rings. The highest BCUT2D eigenvalue weighted by atomic mass is 35.5. The quantitative estimate of drug-likeness (QED) is 0.559. The maximum Gasteiger partial charge on any atom is 0.287 e. The van der Waals surface area contributed by atoms with E-state index >= 15 is 0 Å². The maximum atomic E-state index is 12.9. The van der Waals surface area contributed by atoms with Crippen LogP contribution in [0.2, 0.25) is 5.02 Å². The fraction of sp³-hybridized carbons (Fsp3) is 0.409. The molecular weight excluding hydrogens is 411 g/mol. The number of nitrogens with zero attached hydrogens (tertiary/aromatic N) is 1. The number of nitrogens with one attached hydrogen (secondary N) is 1. The number of amides is 1. The molecular formula is C22H26Cl2N2O3. The van der Waals surface area contributed by atoms with Gasteiger partial charge >= 0.3 is 0 Å². The van der Waals surface area contributed by atoms with E-state index < -0.39 is 0 Å². The Morgan fingerprint density at radius 3 is 2.59 bits per heavy atom. The molecule has 2 aromatic heterocycles. The van der Waals surface area contributed by atoms with E-state index in [1.165, 1.54) is 19.3 Å². The van der Waals surface area contributed by atoms with Crippen LogP contribution in [-0.4, -0.2) is 30.4 Å². The number of piperidine rings is 1. The predicted octanol–water partition coefficient (Wildman–Crippen LogP) is 5.67. The molecule has 1 unspecified atom stereocenters. The molecule has 0 radical (unpaired) electrons. The fourth-order valence-corrected chi connectivity index (χ4v) is 4.12. The second-order valence-corrected chi connectivity index (χ2v) is 7.90. The monoisotopic (exact) mass is 436 g/mol. The molecule has 4 rings (SSSR count). The summed E-state index contributed by atoms with van der Waals surface area (Å²) in [6.07, 6.45) is 3.61. The van der Waals surface area contributed by atoms with Gasteiger partial charge < -0.3 is 14.2 Å². The summed E-state index contributed by atoms with van der Waals surface area (Å²) in [4.78, 5) is 15.3. The molecule has 1 atom stereocenters. The van der Waals surface area contributed by atoms with Crippen LogP contribution < -0.4 is 5.32 Å². The first kappa shape index (κ1) is 21.8. The number of carbonyl (C=O) groups is 1. The van der Waals surface area contributed by atoms with E-state index in [1.54, 1.807) is 12.1 Å². The lowest BCUT2D eigenvalue weighted by Crippen LogP contribution is -2.40. The van der Waals surface area contributed by atoms with E-state index in [0.29, 0.717) is 22.9 Å². The van der Waals surface area contributed by atoms with Crippen molar-refractivity contribution in [2.24, 2.45) is 0 Å². The summed E-state index contributed by atoms with van der Waals surface area (Å²) in [6.45, 7) is 6.33. The van der Waals surface area contributed by atoms with Crippen LogP contribution in [0.1, 0.15) is 52.9 Å². The van der Waals surface area contributed by atoms with E-state index in [4.69, 9.17) is 20.4 Å². The van der Waals surface area contributed by atoms with Crippen LogP contribution in [0.5, 0.6) is 0 Å². The normalized spacial score (nSPS) is 15.8. The smallest absolute Gasteiger partial charge is 0.287 e. The second kappa shape index (κ2) is 9.24. The van der Waals surface area contributed by atoms with E-state index in [0.717, 1.165) is 35.6 Å². The second-order valence-electron chi connectivity index (χ2n) is 7.47. The van der Waals surface area contributed by atoms with Crippen LogP contribution in [0.4, 0.5) is 0 Å². The molecule has 0 bridgehead atoms. The molecule has 3 heterocycles. The summed E-state index contributed by atoms with van der Waals surface area (Å²) >= 11 is 6.08. The molecule has 5 nitrogen and oxygen atoms in total. The van der Waals surface area contributed by atoms with Gasteiger partial charge in [0.1, 0.15) is 17.1 Å². The molecule has 0 spiro atoms. The number of hydrogen-bond donors (Lipinski definition) is 1. The van der Waals surface area contributed by atoms with Crippen LogP contribution in [-0.2, 0) is 0 Å². The van der Waals surface area contributed by atoms with Gasteiger partial charge in [0.15, 0.2) is 5.76 Å². The Morgan fingerprint density at radius 1 is 1.14 bits per heavy atom. The average molecular weight is 437 g/mol. The van der Waals surface area contributed by atoms with Crippen molar-refractivity contribution in [1.82, 2.24) is 10.2 Å². The van der Waals surface area contributed by atoms with Crippen LogP contribution in [0.15, 0.2) is 39.2 Å². The van der Waals surface area contributed by atoms with Gasteiger partial charge in [-0.2, -0.15) is 0 Å². The first-order chi connectivity index (χ1) is 13.5. The van der Waals surface area contributed by atoms with Crippen molar-refractivity contribution in [3.05, 3.63) is 58.2 Å². The van der Waals surface area contributed by atoms with Crippen molar-refractivity contribution in [2.45, 2.75) is 39.2 Å². The Kier molecular flexibility index (Phi) is 6.93. The SMILES string of the molecule is Cc1ccc(C(CNC(=O)c2oc3ccc(Cl)cc3c2C)N2CCCCC2)o1.Cl. The molecule has 1 N–H and O–H groups in total. The van der Waals surface area contributed by atoms with Crippen molar-refractivity contribution in [1.29, 1.82) is 0 Å². The average Bonchev–Trinajstić information content (AvgIpc) is 3.26. The lowest BCUT2D eigenvalue weighted by atomic mass is 10.1. The molecule has 1 aliphatic heterocycles. The van der Waals surface area contributed by atoms with Crippen LogP contribution in [0.25, 0.3) is 11.0 Å². The summed E-state index contributed by atoms with van der Waals surface area (Å²) in [5, 5.41) is 4.55. The standard InChI is InChI=1S/C22H25ClN2O3.ClH/c1-14-6-8-20(27-14)18(25-10-4-3-5-11-25)13-24-22(26)21-15(2)17-12-16(23)7-9-19(17)28-21;/h6-9,12,18H,3-5,10-11,13H2,1-2H3,(H,24,26);1H. The molecule has 7 heteroatoms. The highest BCUT2D eigenvalue weighted by Crippen LogP contribution is 2.29. The summed E-state index contributed by atoms with van der Waals surface area (Å²) < 4.78 is 11.7. The first-order valence-corrected chi connectivity index (χ1v) is 10.2. The molecule has 1 fully saturated rings. The Balaban J connectivity index is 0.00000240. The Hall–Kier alpha value is -1.95. The van der Waals surface area contributed by atoms with Gasteiger partial charge in [-0.3, -0.25) is 9.69 Å². The van der Waals surface area contributed by atoms with E-state index in [-0.39, 0.29) is 24.4 Å². The summed E-state index contributed by atoms with van der Waals surface area (Å²) in [5.74, 6) is 1.90. The topological polar surface area (TPSA) is 58.6 Å². The molecule has 1 saturated heterocycles. The highest BCUT2D eigenvalue weighted by Gasteiger charge is 2.26. The number of likely N-dealkylation sites (tertiary alicyclic amines) is 1. The number of carbonyl (C=O) groups excluding carboxylic acids is 1. The molecule has 0 saturated carbocycles. The third-order valence-electron chi connectivity index (χ3n) is 5.48. The maximum absolute atomic E-state index is 12.9. The van der Waals surface area contributed by atoms with Gasteiger partial charge in [-0.25, -0.2) is 0 Å². The van der Waals surface area contributed by atoms with Gasteiger partial charge in [0.05, 0.1) is 6.04 Å². The number of benzene rings is 1. The zero-order valence-electron chi connectivity index (χ0n) is 16.7. The van der Waals surface area contributed by atoms with Gasteiger partial charge in [0.2, 0.25) is 0 Å². The van der Waals surface area contributed by atoms with Crippen LogP contribution in [0, 0.1) is 13.8 Å². The van der Waals surface area contributed by atoms with Crippen molar-refractivity contribution < 1.29 is 13.6 Å². The molecule has 0 aliphatic carbocycles. The summed E-state index contributed by atoms with van der Waals surface area (Å²) in [7, 11) is 0. The molecule has 1 aliphatic rings. The van der Waals surface area contributed by atoms with E-state index in [1.807, 2.05) is 32.0 Å². The zero-order valence-corrected chi connectivity index (χ0v) is 18.2. The van der Waals surface area contributed by atoms with Gasteiger partial charge in [0.25, 0.3) is 5.91 Å². The fourth-order valence-electron chi connectivity index (χ4n) is 3.95. The number of aryl methyl sites for hydroxylation is 2. The van der Waals surface area contributed by atoms with Gasteiger partial charge in [-0.1, -0.05) is 18.0 Å². The minimum absolute atomic E-state index is 0. The molecule has 156 valence electrons. The van der Waals surface area contributed by atoms with Crippen molar-refractivity contribution in [3.8, 4) is 0 Å². The van der Waals surface area contributed by atoms with Crippen LogP contribution >= 0.6 is 24.0 Å². The lowest BCUT2D eigenvalue weighted by molar-refractivity contribution is 0.0888. The lowest BCUT2D eigenvalue weighted by Gasteiger charge is -2.33. The van der Waals surface area contributed by atoms with Gasteiger partial charge in [0, 0.05) is 22.5 Å².